The molecule has 0 radical (unpaired) electrons. The lowest BCUT2D eigenvalue weighted by atomic mass is 9.89. The van der Waals surface area contributed by atoms with Crippen molar-refractivity contribution in [3.05, 3.63) is 0 Å². The lowest BCUT2D eigenvalue weighted by Gasteiger charge is -2.26. The summed E-state index contributed by atoms with van der Waals surface area (Å²) >= 11 is 0. The standard InChI is InChI=1S/C17H33N/c1-13(2)15-9-6-10-17(12-11-15)18-14(3)16-7-4-5-8-16/h13-18H,4-12H2,1-3H3/t14-,15?,17?/m0/s1. The average Bonchev–Trinajstić information content (AvgIpc) is 2.77. The van der Waals surface area contributed by atoms with Crippen molar-refractivity contribution in [2.75, 3.05) is 0 Å². The zero-order valence-corrected chi connectivity index (χ0v) is 12.8. The summed E-state index contributed by atoms with van der Waals surface area (Å²) in [5.74, 6) is 2.84. The van der Waals surface area contributed by atoms with E-state index in [4.69, 9.17) is 0 Å². The Morgan fingerprint density at radius 2 is 1.39 bits per heavy atom. The van der Waals surface area contributed by atoms with Crippen LogP contribution in [0.5, 0.6) is 0 Å². The first-order valence-corrected chi connectivity index (χ1v) is 8.43. The number of hydrogen-bond acceptors (Lipinski definition) is 1. The van der Waals surface area contributed by atoms with E-state index in [1.165, 1.54) is 57.8 Å². The topological polar surface area (TPSA) is 12.0 Å². The Kier molecular flexibility index (Phi) is 5.54. The van der Waals surface area contributed by atoms with Gasteiger partial charge >= 0.3 is 0 Å². The van der Waals surface area contributed by atoms with Crippen LogP contribution in [0.4, 0.5) is 0 Å². The molecule has 1 N–H and O–H groups in total. The van der Waals surface area contributed by atoms with Crippen LogP contribution in [0.3, 0.4) is 0 Å². The summed E-state index contributed by atoms with van der Waals surface area (Å²) in [5, 5.41) is 3.96. The highest BCUT2D eigenvalue weighted by Gasteiger charge is 2.25. The summed E-state index contributed by atoms with van der Waals surface area (Å²) in [6, 6.07) is 1.57. The first kappa shape index (κ1) is 14.4. The van der Waals surface area contributed by atoms with E-state index in [1.807, 2.05) is 0 Å². The van der Waals surface area contributed by atoms with E-state index >= 15 is 0 Å². The van der Waals surface area contributed by atoms with Crippen molar-refractivity contribution in [1.29, 1.82) is 0 Å². The molecule has 2 fully saturated rings. The van der Waals surface area contributed by atoms with E-state index in [1.54, 1.807) is 0 Å². The molecule has 106 valence electrons. The van der Waals surface area contributed by atoms with E-state index in [2.05, 4.69) is 26.1 Å². The summed E-state index contributed by atoms with van der Waals surface area (Å²) in [6.45, 7) is 7.24. The molecule has 0 saturated heterocycles. The van der Waals surface area contributed by atoms with Gasteiger partial charge in [-0.05, 0) is 56.8 Å². The van der Waals surface area contributed by atoms with Gasteiger partial charge in [-0.15, -0.1) is 0 Å². The van der Waals surface area contributed by atoms with Gasteiger partial charge in [-0.2, -0.15) is 0 Å². The maximum atomic E-state index is 3.96. The van der Waals surface area contributed by atoms with Crippen LogP contribution in [0.2, 0.25) is 0 Å². The fourth-order valence-corrected chi connectivity index (χ4v) is 4.13. The predicted octanol–water partition coefficient (Wildman–Crippen LogP) is 4.76. The van der Waals surface area contributed by atoms with Crippen LogP contribution in [-0.4, -0.2) is 12.1 Å². The first-order chi connectivity index (χ1) is 8.66. The highest BCUT2D eigenvalue weighted by Crippen LogP contribution is 2.31. The molecule has 2 rings (SSSR count). The molecule has 0 aromatic carbocycles. The molecule has 1 heteroatoms. The van der Waals surface area contributed by atoms with Crippen LogP contribution >= 0.6 is 0 Å². The van der Waals surface area contributed by atoms with Crippen LogP contribution in [0.25, 0.3) is 0 Å². The second kappa shape index (κ2) is 6.93. The molecular formula is C17H33N. The zero-order valence-electron chi connectivity index (χ0n) is 12.8. The van der Waals surface area contributed by atoms with Gasteiger partial charge in [-0.25, -0.2) is 0 Å². The van der Waals surface area contributed by atoms with Crippen LogP contribution in [0.1, 0.15) is 78.6 Å². The Hall–Kier alpha value is -0.0400. The van der Waals surface area contributed by atoms with Gasteiger partial charge in [0.05, 0.1) is 0 Å². The van der Waals surface area contributed by atoms with E-state index in [0.29, 0.717) is 0 Å². The van der Waals surface area contributed by atoms with Gasteiger partial charge in [0.25, 0.3) is 0 Å². The average molecular weight is 251 g/mol. The molecule has 3 atom stereocenters. The Morgan fingerprint density at radius 3 is 2.06 bits per heavy atom. The van der Waals surface area contributed by atoms with Gasteiger partial charge in [0.1, 0.15) is 0 Å². The van der Waals surface area contributed by atoms with Crippen LogP contribution in [-0.2, 0) is 0 Å². The smallest absolute Gasteiger partial charge is 0.00697 e. The molecule has 0 amide bonds. The Bertz CT molecular complexity index is 230. The van der Waals surface area contributed by atoms with E-state index in [9.17, 15) is 0 Å². The Balaban J connectivity index is 1.75. The summed E-state index contributed by atoms with van der Waals surface area (Å²) < 4.78 is 0. The molecular weight excluding hydrogens is 218 g/mol. The molecule has 18 heavy (non-hydrogen) atoms. The minimum atomic E-state index is 0.758. The molecule has 2 aliphatic carbocycles. The maximum absolute atomic E-state index is 3.96. The summed E-state index contributed by atoms with van der Waals surface area (Å²) in [5.41, 5.74) is 0. The van der Waals surface area contributed by atoms with E-state index in [0.717, 1.165) is 29.8 Å². The van der Waals surface area contributed by atoms with Gasteiger partial charge in [0.15, 0.2) is 0 Å². The molecule has 0 aromatic heterocycles. The van der Waals surface area contributed by atoms with E-state index < -0.39 is 0 Å². The monoisotopic (exact) mass is 251 g/mol. The highest BCUT2D eigenvalue weighted by atomic mass is 15.0. The third kappa shape index (κ3) is 3.98. The zero-order chi connectivity index (χ0) is 13.0. The predicted molar refractivity (Wildman–Crippen MR) is 79.8 cm³/mol. The van der Waals surface area contributed by atoms with Crippen LogP contribution in [0, 0.1) is 17.8 Å². The SMILES string of the molecule is CC(C)C1CCCC(N[C@@H](C)C2CCCC2)CC1. The van der Waals surface area contributed by atoms with Crippen molar-refractivity contribution < 1.29 is 0 Å². The van der Waals surface area contributed by atoms with Crippen LogP contribution < -0.4 is 5.32 Å². The molecule has 0 bridgehead atoms. The number of rotatable bonds is 4. The van der Waals surface area contributed by atoms with Gasteiger partial charge in [-0.1, -0.05) is 39.5 Å². The quantitative estimate of drug-likeness (QED) is 0.710. The number of hydrogen-bond donors (Lipinski definition) is 1. The van der Waals surface area contributed by atoms with Gasteiger partial charge in [-0.3, -0.25) is 0 Å². The lowest BCUT2D eigenvalue weighted by Crippen LogP contribution is -2.40. The summed E-state index contributed by atoms with van der Waals surface area (Å²) in [4.78, 5) is 0. The fraction of sp³-hybridized carbons (Fsp3) is 1.00. The fourth-order valence-electron chi connectivity index (χ4n) is 4.13. The molecule has 0 aromatic rings. The molecule has 2 saturated carbocycles. The second-order valence-corrected chi connectivity index (χ2v) is 7.21. The highest BCUT2D eigenvalue weighted by molar-refractivity contribution is 4.83. The Morgan fingerprint density at radius 1 is 0.722 bits per heavy atom. The third-order valence-electron chi connectivity index (χ3n) is 5.56. The summed E-state index contributed by atoms with van der Waals surface area (Å²) in [6.07, 6.45) is 13.1. The second-order valence-electron chi connectivity index (χ2n) is 7.21. The maximum Gasteiger partial charge on any atom is 0.00697 e. The molecule has 1 nitrogen and oxygen atoms in total. The van der Waals surface area contributed by atoms with Gasteiger partial charge < -0.3 is 5.32 Å². The molecule has 0 aliphatic heterocycles. The van der Waals surface area contributed by atoms with Gasteiger partial charge in [0, 0.05) is 12.1 Å². The lowest BCUT2D eigenvalue weighted by molar-refractivity contribution is 0.311. The summed E-state index contributed by atoms with van der Waals surface area (Å²) in [7, 11) is 0. The van der Waals surface area contributed by atoms with Crippen molar-refractivity contribution in [1.82, 2.24) is 5.32 Å². The molecule has 0 heterocycles. The van der Waals surface area contributed by atoms with Gasteiger partial charge in [0.2, 0.25) is 0 Å². The minimum absolute atomic E-state index is 0.758. The third-order valence-corrected chi connectivity index (χ3v) is 5.56. The largest absolute Gasteiger partial charge is 0.311 e. The number of nitrogens with one attached hydrogen (secondary N) is 1. The molecule has 2 aliphatic rings. The van der Waals surface area contributed by atoms with Crippen molar-refractivity contribution in [3.63, 3.8) is 0 Å². The van der Waals surface area contributed by atoms with Crippen molar-refractivity contribution in [2.24, 2.45) is 17.8 Å². The van der Waals surface area contributed by atoms with Crippen LogP contribution in [0.15, 0.2) is 0 Å². The van der Waals surface area contributed by atoms with Crippen molar-refractivity contribution >= 4 is 0 Å². The van der Waals surface area contributed by atoms with E-state index in [-0.39, 0.29) is 0 Å². The normalized spacial score (nSPS) is 32.7. The first-order valence-electron chi connectivity index (χ1n) is 8.43. The van der Waals surface area contributed by atoms with Crippen molar-refractivity contribution in [2.45, 2.75) is 90.6 Å². The minimum Gasteiger partial charge on any atom is -0.311 e. The molecule has 2 unspecified atom stereocenters. The molecule has 0 spiro atoms. The van der Waals surface area contributed by atoms with Crippen molar-refractivity contribution in [3.8, 4) is 0 Å². The Labute approximate surface area is 114 Å².